The second-order valence-electron chi connectivity index (χ2n) is 8.19. The molecule has 7 heteroatoms. The van der Waals surface area contributed by atoms with Crippen LogP contribution in [0.3, 0.4) is 0 Å². The molecule has 2 amide bonds. The molecule has 2 aromatic rings. The first-order chi connectivity index (χ1) is 13.5. The molecule has 2 aliphatic rings. The van der Waals surface area contributed by atoms with E-state index in [0.717, 1.165) is 36.8 Å². The standard InChI is InChI=1S/C21H28N4O3/c1-14(2)21(27)24-7-5-15(6-8-24)10-22-20(26)16-3-4-17-11-23-25(19(17)9-16)18-12-28-13-18/h3-4,9,11,14-15,18H,5-8,10,12-13H2,1-2H3,(H,22,26). The maximum absolute atomic E-state index is 12.6. The Balaban J connectivity index is 1.34. The normalized spacial score (nSPS) is 18.5. The Morgan fingerprint density at radius 1 is 1.25 bits per heavy atom. The molecule has 3 heterocycles. The number of piperidine rings is 1. The summed E-state index contributed by atoms with van der Waals surface area (Å²) in [6, 6.07) is 5.98. The lowest BCUT2D eigenvalue weighted by Gasteiger charge is -2.33. The fraction of sp³-hybridized carbons (Fsp3) is 0.571. The lowest BCUT2D eigenvalue weighted by molar-refractivity contribution is -0.135. The van der Waals surface area contributed by atoms with Gasteiger partial charge in [0.05, 0.1) is 31.0 Å². The van der Waals surface area contributed by atoms with Crippen LogP contribution in [0.5, 0.6) is 0 Å². The Morgan fingerprint density at radius 2 is 2.00 bits per heavy atom. The molecular formula is C21H28N4O3. The number of hydrogen-bond acceptors (Lipinski definition) is 4. The highest BCUT2D eigenvalue weighted by Gasteiger charge is 2.25. The summed E-state index contributed by atoms with van der Waals surface area (Å²) in [6.45, 7) is 7.44. The molecule has 2 fully saturated rings. The molecule has 0 aliphatic carbocycles. The van der Waals surface area contributed by atoms with Crippen molar-refractivity contribution in [3.05, 3.63) is 30.0 Å². The molecule has 7 nitrogen and oxygen atoms in total. The van der Waals surface area contributed by atoms with E-state index in [1.165, 1.54) is 0 Å². The number of rotatable bonds is 5. The van der Waals surface area contributed by atoms with Crippen molar-refractivity contribution in [3.8, 4) is 0 Å². The van der Waals surface area contributed by atoms with Crippen LogP contribution in [-0.2, 0) is 9.53 Å². The molecule has 0 saturated carbocycles. The molecule has 28 heavy (non-hydrogen) atoms. The summed E-state index contributed by atoms with van der Waals surface area (Å²) >= 11 is 0. The highest BCUT2D eigenvalue weighted by atomic mass is 16.5. The number of carbonyl (C=O) groups excluding carboxylic acids is 2. The zero-order valence-electron chi connectivity index (χ0n) is 16.6. The Labute approximate surface area is 165 Å². The number of likely N-dealkylation sites (tertiary alicyclic amines) is 1. The van der Waals surface area contributed by atoms with Crippen molar-refractivity contribution < 1.29 is 14.3 Å². The maximum atomic E-state index is 12.6. The van der Waals surface area contributed by atoms with Crippen LogP contribution in [0.15, 0.2) is 24.4 Å². The van der Waals surface area contributed by atoms with Crippen LogP contribution in [0.4, 0.5) is 0 Å². The summed E-state index contributed by atoms with van der Waals surface area (Å²) in [5.74, 6) is 0.636. The maximum Gasteiger partial charge on any atom is 0.251 e. The van der Waals surface area contributed by atoms with Gasteiger partial charge in [0.1, 0.15) is 0 Å². The molecule has 0 atom stereocenters. The Hall–Kier alpha value is -2.41. The molecule has 0 radical (unpaired) electrons. The predicted octanol–water partition coefficient (Wildman–Crippen LogP) is 2.23. The summed E-state index contributed by atoms with van der Waals surface area (Å²) in [5.41, 5.74) is 1.63. The highest BCUT2D eigenvalue weighted by Crippen LogP contribution is 2.24. The van der Waals surface area contributed by atoms with Crippen molar-refractivity contribution >= 4 is 22.7 Å². The molecule has 150 valence electrons. The largest absolute Gasteiger partial charge is 0.377 e. The first-order valence-electron chi connectivity index (χ1n) is 10.1. The SMILES string of the molecule is CC(C)C(=O)N1CCC(CNC(=O)c2ccc3cnn(C4COC4)c3c2)CC1. The van der Waals surface area contributed by atoms with Gasteiger partial charge in [0.15, 0.2) is 0 Å². The van der Waals surface area contributed by atoms with Crippen LogP contribution in [-0.4, -0.2) is 59.3 Å². The van der Waals surface area contributed by atoms with E-state index >= 15 is 0 Å². The van der Waals surface area contributed by atoms with Gasteiger partial charge in [-0.3, -0.25) is 14.3 Å². The van der Waals surface area contributed by atoms with Gasteiger partial charge >= 0.3 is 0 Å². The van der Waals surface area contributed by atoms with E-state index in [4.69, 9.17) is 4.74 Å². The van der Waals surface area contributed by atoms with Crippen molar-refractivity contribution in [2.24, 2.45) is 11.8 Å². The number of nitrogens with zero attached hydrogens (tertiary/aromatic N) is 3. The van der Waals surface area contributed by atoms with Gasteiger partial charge in [-0.15, -0.1) is 0 Å². The van der Waals surface area contributed by atoms with Crippen molar-refractivity contribution in [1.29, 1.82) is 0 Å². The molecule has 4 rings (SSSR count). The van der Waals surface area contributed by atoms with Crippen LogP contribution in [0.1, 0.15) is 43.1 Å². The molecule has 1 aromatic carbocycles. The van der Waals surface area contributed by atoms with Crippen LogP contribution in [0.2, 0.25) is 0 Å². The second-order valence-corrected chi connectivity index (χ2v) is 8.19. The summed E-state index contributed by atoms with van der Waals surface area (Å²) in [7, 11) is 0. The average molecular weight is 384 g/mol. The first-order valence-corrected chi connectivity index (χ1v) is 10.1. The molecule has 2 aliphatic heterocycles. The first kappa shape index (κ1) is 18.9. The van der Waals surface area contributed by atoms with Gasteiger partial charge in [-0.2, -0.15) is 5.10 Å². The fourth-order valence-electron chi connectivity index (χ4n) is 3.90. The fourth-order valence-corrected chi connectivity index (χ4v) is 3.90. The van der Waals surface area contributed by atoms with Gasteiger partial charge in [0.25, 0.3) is 5.91 Å². The number of hydrogen-bond donors (Lipinski definition) is 1. The van der Waals surface area contributed by atoms with Gasteiger partial charge < -0.3 is 15.0 Å². The van der Waals surface area contributed by atoms with Crippen LogP contribution < -0.4 is 5.32 Å². The third kappa shape index (κ3) is 3.76. The predicted molar refractivity (Wildman–Crippen MR) is 106 cm³/mol. The minimum Gasteiger partial charge on any atom is -0.377 e. The Kier molecular flexibility index (Phi) is 5.35. The Bertz CT molecular complexity index is 864. The van der Waals surface area contributed by atoms with E-state index in [1.54, 1.807) is 0 Å². The van der Waals surface area contributed by atoms with Crippen molar-refractivity contribution in [3.63, 3.8) is 0 Å². The molecule has 0 bridgehead atoms. The van der Waals surface area contributed by atoms with Gasteiger partial charge in [-0.25, -0.2) is 0 Å². The summed E-state index contributed by atoms with van der Waals surface area (Å²) < 4.78 is 7.22. The second kappa shape index (κ2) is 7.91. The number of aromatic nitrogens is 2. The quantitative estimate of drug-likeness (QED) is 0.858. The third-order valence-electron chi connectivity index (χ3n) is 5.80. The summed E-state index contributed by atoms with van der Waals surface area (Å²) in [6.07, 6.45) is 3.71. The summed E-state index contributed by atoms with van der Waals surface area (Å²) in [5, 5.41) is 8.55. The number of carbonyl (C=O) groups is 2. The average Bonchev–Trinajstić information content (AvgIpc) is 3.07. The van der Waals surface area contributed by atoms with Gasteiger partial charge in [-0.1, -0.05) is 19.9 Å². The topological polar surface area (TPSA) is 76.5 Å². The zero-order chi connectivity index (χ0) is 19.7. The van der Waals surface area contributed by atoms with Gasteiger partial charge in [-0.05, 0) is 30.9 Å². The van der Waals surface area contributed by atoms with E-state index in [2.05, 4.69) is 10.4 Å². The minimum absolute atomic E-state index is 0.0473. The lowest BCUT2D eigenvalue weighted by atomic mass is 9.96. The lowest BCUT2D eigenvalue weighted by Crippen LogP contribution is -2.43. The van der Waals surface area contributed by atoms with Gasteiger partial charge in [0, 0.05) is 36.5 Å². The third-order valence-corrected chi connectivity index (χ3v) is 5.80. The minimum atomic E-state index is -0.0554. The number of fused-ring (bicyclic) bond motifs is 1. The smallest absolute Gasteiger partial charge is 0.251 e. The molecule has 2 saturated heterocycles. The number of ether oxygens (including phenoxy) is 1. The van der Waals surface area contributed by atoms with E-state index in [-0.39, 0.29) is 23.8 Å². The van der Waals surface area contributed by atoms with E-state index in [9.17, 15) is 9.59 Å². The van der Waals surface area contributed by atoms with E-state index < -0.39 is 0 Å². The number of nitrogens with one attached hydrogen (secondary N) is 1. The molecule has 1 N–H and O–H groups in total. The number of benzene rings is 1. The van der Waals surface area contributed by atoms with Crippen LogP contribution in [0.25, 0.3) is 10.9 Å². The summed E-state index contributed by atoms with van der Waals surface area (Å²) in [4.78, 5) is 26.7. The molecule has 1 aromatic heterocycles. The number of amides is 2. The van der Waals surface area contributed by atoms with Crippen molar-refractivity contribution in [2.45, 2.75) is 32.7 Å². The van der Waals surface area contributed by atoms with Gasteiger partial charge in [0.2, 0.25) is 5.91 Å². The van der Waals surface area contributed by atoms with Crippen molar-refractivity contribution in [2.75, 3.05) is 32.8 Å². The monoisotopic (exact) mass is 384 g/mol. The van der Waals surface area contributed by atoms with Crippen LogP contribution in [0, 0.1) is 11.8 Å². The van der Waals surface area contributed by atoms with Crippen molar-refractivity contribution in [1.82, 2.24) is 20.0 Å². The van der Waals surface area contributed by atoms with E-state index in [0.29, 0.717) is 31.2 Å². The molecule has 0 unspecified atom stereocenters. The molecular weight excluding hydrogens is 356 g/mol. The highest BCUT2D eigenvalue weighted by molar-refractivity contribution is 5.97. The van der Waals surface area contributed by atoms with E-state index in [1.807, 2.05) is 47.8 Å². The Morgan fingerprint density at radius 3 is 2.64 bits per heavy atom. The molecule has 0 spiro atoms. The zero-order valence-corrected chi connectivity index (χ0v) is 16.6. The van der Waals surface area contributed by atoms with Crippen LogP contribution >= 0.6 is 0 Å².